The first-order valence-corrected chi connectivity index (χ1v) is 7.98. The zero-order valence-corrected chi connectivity index (χ0v) is 12.3. The Labute approximate surface area is 121 Å². The van der Waals surface area contributed by atoms with Crippen molar-refractivity contribution < 1.29 is 9.59 Å². The Hall–Kier alpha value is -1.26. The predicted octanol–water partition coefficient (Wildman–Crippen LogP) is 1.86. The maximum absolute atomic E-state index is 12.2. The molecule has 0 bridgehead atoms. The summed E-state index contributed by atoms with van der Waals surface area (Å²) in [6.45, 7) is 2.48. The number of urea groups is 1. The number of nitrogens with one attached hydrogen (secondary N) is 1. The van der Waals surface area contributed by atoms with Gasteiger partial charge in [-0.1, -0.05) is 19.3 Å². The second kappa shape index (κ2) is 7.50. The van der Waals surface area contributed by atoms with Gasteiger partial charge < -0.3 is 16.0 Å². The summed E-state index contributed by atoms with van der Waals surface area (Å²) in [6.07, 6.45) is 8.81. The van der Waals surface area contributed by atoms with Crippen LogP contribution in [0.5, 0.6) is 0 Å². The molecule has 20 heavy (non-hydrogen) atoms. The van der Waals surface area contributed by atoms with Crippen molar-refractivity contribution in [3.8, 4) is 0 Å². The highest BCUT2D eigenvalue weighted by Crippen LogP contribution is 2.36. The second-order valence-electron chi connectivity index (χ2n) is 6.18. The molecule has 1 heterocycles. The molecule has 0 aromatic rings. The smallest absolute Gasteiger partial charge is 0.312 e. The van der Waals surface area contributed by atoms with Gasteiger partial charge in [0.25, 0.3) is 0 Å². The Kier molecular flexibility index (Phi) is 5.68. The molecule has 5 nitrogen and oxygen atoms in total. The van der Waals surface area contributed by atoms with Gasteiger partial charge in [-0.05, 0) is 37.5 Å². The zero-order valence-electron chi connectivity index (χ0n) is 12.3. The third kappa shape index (κ3) is 4.39. The lowest BCUT2D eigenvalue weighted by Crippen LogP contribution is -2.44. The second-order valence-corrected chi connectivity index (χ2v) is 6.18. The van der Waals surface area contributed by atoms with Crippen molar-refractivity contribution in [2.45, 2.75) is 51.4 Å². The minimum atomic E-state index is -0.490. The lowest BCUT2D eigenvalue weighted by atomic mass is 9.75. The minimum absolute atomic E-state index is 0.285. The highest BCUT2D eigenvalue weighted by Gasteiger charge is 2.32. The summed E-state index contributed by atoms with van der Waals surface area (Å²) in [5.41, 5.74) is 4.99. The fourth-order valence-corrected chi connectivity index (χ4v) is 3.60. The average Bonchev–Trinajstić information content (AvgIpc) is 2.46. The molecule has 0 spiro atoms. The zero-order chi connectivity index (χ0) is 14.4. The molecule has 3 N–H and O–H groups in total. The molecule has 1 aliphatic carbocycles. The van der Waals surface area contributed by atoms with Crippen LogP contribution in [0.3, 0.4) is 0 Å². The Morgan fingerprint density at radius 3 is 2.60 bits per heavy atom. The van der Waals surface area contributed by atoms with Crippen LogP contribution in [0.15, 0.2) is 0 Å². The summed E-state index contributed by atoms with van der Waals surface area (Å²) >= 11 is 0. The number of carbonyl (C=O) groups excluding carboxylic acids is 2. The summed E-state index contributed by atoms with van der Waals surface area (Å²) in [6, 6.07) is -0.490. The maximum atomic E-state index is 12.2. The van der Waals surface area contributed by atoms with E-state index in [4.69, 9.17) is 5.73 Å². The fraction of sp³-hybridized carbons (Fsp3) is 0.867. The molecule has 2 atom stereocenters. The van der Waals surface area contributed by atoms with Gasteiger partial charge in [-0.15, -0.1) is 0 Å². The highest BCUT2D eigenvalue weighted by molar-refractivity contribution is 5.76. The Bertz CT molecular complexity index is 346. The molecule has 0 aromatic heterocycles. The minimum Gasteiger partial charge on any atom is -0.352 e. The summed E-state index contributed by atoms with van der Waals surface area (Å²) in [5, 5.41) is 2.55. The summed E-state index contributed by atoms with van der Waals surface area (Å²) < 4.78 is 0. The van der Waals surface area contributed by atoms with E-state index in [1.54, 1.807) is 0 Å². The van der Waals surface area contributed by atoms with Crippen molar-refractivity contribution in [3.63, 3.8) is 0 Å². The van der Waals surface area contributed by atoms with E-state index in [9.17, 15) is 9.59 Å². The van der Waals surface area contributed by atoms with Crippen LogP contribution in [-0.4, -0.2) is 36.5 Å². The van der Waals surface area contributed by atoms with Gasteiger partial charge in [0.2, 0.25) is 5.91 Å². The number of amides is 3. The SMILES string of the molecule is NC(=O)NCCCCC(=O)N1CC[C@@H]2CCCC[C@@H]2C1. The highest BCUT2D eigenvalue weighted by atomic mass is 16.2. The number of rotatable bonds is 5. The number of nitrogens with zero attached hydrogens (tertiary/aromatic N) is 1. The largest absolute Gasteiger partial charge is 0.352 e. The van der Waals surface area contributed by atoms with Gasteiger partial charge in [0.05, 0.1) is 0 Å². The van der Waals surface area contributed by atoms with Gasteiger partial charge in [0, 0.05) is 26.1 Å². The molecule has 114 valence electrons. The molecule has 1 saturated heterocycles. The molecular weight excluding hydrogens is 254 g/mol. The number of piperidine rings is 1. The van der Waals surface area contributed by atoms with E-state index in [0.717, 1.165) is 37.8 Å². The van der Waals surface area contributed by atoms with Gasteiger partial charge in [-0.3, -0.25) is 4.79 Å². The van der Waals surface area contributed by atoms with Crippen LogP contribution in [-0.2, 0) is 4.79 Å². The third-order valence-corrected chi connectivity index (χ3v) is 4.76. The van der Waals surface area contributed by atoms with Crippen LogP contribution >= 0.6 is 0 Å². The van der Waals surface area contributed by atoms with Crippen LogP contribution in [0.2, 0.25) is 0 Å². The molecule has 1 aliphatic heterocycles. The first kappa shape index (κ1) is 15.1. The van der Waals surface area contributed by atoms with E-state index in [1.807, 2.05) is 0 Å². The number of hydrogen-bond acceptors (Lipinski definition) is 2. The van der Waals surface area contributed by atoms with Gasteiger partial charge in [-0.25, -0.2) is 4.79 Å². The van der Waals surface area contributed by atoms with Crippen molar-refractivity contribution in [2.75, 3.05) is 19.6 Å². The number of carbonyl (C=O) groups is 2. The summed E-state index contributed by atoms with van der Waals surface area (Å²) in [7, 11) is 0. The molecule has 0 radical (unpaired) electrons. The quantitative estimate of drug-likeness (QED) is 0.755. The number of likely N-dealkylation sites (tertiary alicyclic amines) is 1. The van der Waals surface area contributed by atoms with Crippen LogP contribution in [0.4, 0.5) is 4.79 Å². The lowest BCUT2D eigenvalue weighted by molar-refractivity contribution is -0.134. The van der Waals surface area contributed by atoms with E-state index < -0.39 is 6.03 Å². The number of hydrogen-bond donors (Lipinski definition) is 2. The topological polar surface area (TPSA) is 75.4 Å². The maximum Gasteiger partial charge on any atom is 0.312 e. The number of fused-ring (bicyclic) bond motifs is 1. The van der Waals surface area contributed by atoms with Gasteiger partial charge >= 0.3 is 6.03 Å². The van der Waals surface area contributed by atoms with Crippen molar-refractivity contribution >= 4 is 11.9 Å². The number of nitrogens with two attached hydrogens (primary N) is 1. The summed E-state index contributed by atoms with van der Waals surface area (Å²) in [4.78, 5) is 24.8. The summed E-state index contributed by atoms with van der Waals surface area (Å²) in [5.74, 6) is 1.90. The van der Waals surface area contributed by atoms with Gasteiger partial charge in [-0.2, -0.15) is 0 Å². The van der Waals surface area contributed by atoms with E-state index in [0.29, 0.717) is 13.0 Å². The Morgan fingerprint density at radius 1 is 1.10 bits per heavy atom. The Morgan fingerprint density at radius 2 is 1.85 bits per heavy atom. The molecule has 2 aliphatic rings. The predicted molar refractivity (Wildman–Crippen MR) is 78.1 cm³/mol. The van der Waals surface area contributed by atoms with E-state index in [2.05, 4.69) is 10.2 Å². The molecule has 2 fully saturated rings. The molecule has 5 heteroatoms. The van der Waals surface area contributed by atoms with Crippen molar-refractivity contribution in [1.29, 1.82) is 0 Å². The number of unbranched alkanes of at least 4 members (excludes halogenated alkanes) is 1. The van der Waals surface area contributed by atoms with E-state index in [-0.39, 0.29) is 5.91 Å². The lowest BCUT2D eigenvalue weighted by Gasteiger charge is -2.41. The monoisotopic (exact) mass is 281 g/mol. The normalized spacial score (nSPS) is 25.9. The van der Waals surface area contributed by atoms with Crippen molar-refractivity contribution in [1.82, 2.24) is 10.2 Å². The third-order valence-electron chi connectivity index (χ3n) is 4.76. The molecular formula is C15H27N3O2. The molecule has 2 rings (SSSR count). The molecule has 1 saturated carbocycles. The first-order chi connectivity index (χ1) is 9.66. The molecule has 0 unspecified atom stereocenters. The van der Waals surface area contributed by atoms with Gasteiger partial charge in [0.15, 0.2) is 0 Å². The molecule has 3 amide bonds. The van der Waals surface area contributed by atoms with Crippen LogP contribution in [0.1, 0.15) is 51.4 Å². The van der Waals surface area contributed by atoms with Crippen LogP contribution in [0, 0.1) is 11.8 Å². The van der Waals surface area contributed by atoms with Crippen LogP contribution < -0.4 is 11.1 Å². The van der Waals surface area contributed by atoms with Gasteiger partial charge in [0.1, 0.15) is 0 Å². The first-order valence-electron chi connectivity index (χ1n) is 7.98. The Balaban J connectivity index is 1.64. The van der Waals surface area contributed by atoms with Crippen LogP contribution in [0.25, 0.3) is 0 Å². The fourth-order valence-electron chi connectivity index (χ4n) is 3.60. The van der Waals surface area contributed by atoms with E-state index in [1.165, 1.54) is 32.1 Å². The van der Waals surface area contributed by atoms with Crippen molar-refractivity contribution in [3.05, 3.63) is 0 Å². The van der Waals surface area contributed by atoms with Crippen molar-refractivity contribution in [2.24, 2.45) is 17.6 Å². The number of primary amides is 1. The van der Waals surface area contributed by atoms with E-state index >= 15 is 0 Å². The molecule has 0 aromatic carbocycles. The average molecular weight is 281 g/mol. The standard InChI is InChI=1S/C15H27N3O2/c16-15(20)17-9-4-3-7-14(19)18-10-8-12-5-1-2-6-13(12)11-18/h12-13H,1-11H2,(H3,16,17,20)/t12-,13+/m0/s1.